The Hall–Kier alpha value is -3.71. The van der Waals surface area contributed by atoms with E-state index in [0.29, 0.717) is 29.3 Å². The summed E-state index contributed by atoms with van der Waals surface area (Å²) in [4.78, 5) is 32.6. The molecule has 1 atom stereocenters. The van der Waals surface area contributed by atoms with Crippen molar-refractivity contribution in [3.8, 4) is 11.1 Å². The molecule has 1 amide bonds. The highest BCUT2D eigenvalue weighted by Crippen LogP contribution is 2.43. The fourth-order valence-electron chi connectivity index (χ4n) is 5.32. The van der Waals surface area contributed by atoms with E-state index in [0.717, 1.165) is 54.0 Å². The fraction of sp³-hybridized carbons (Fsp3) is 0.424. The summed E-state index contributed by atoms with van der Waals surface area (Å²) in [5.41, 5.74) is 5.65. The van der Waals surface area contributed by atoms with E-state index in [2.05, 4.69) is 17.1 Å². The number of aliphatic carboxylic acids is 1. The Balaban J connectivity index is 1.76. The van der Waals surface area contributed by atoms with Gasteiger partial charge in [-0.15, -0.1) is 0 Å². The molecule has 7 nitrogen and oxygen atoms in total. The van der Waals surface area contributed by atoms with Gasteiger partial charge in [0.25, 0.3) is 5.91 Å². The molecule has 1 aliphatic heterocycles. The van der Waals surface area contributed by atoms with Crippen molar-refractivity contribution < 1.29 is 19.4 Å². The predicted molar refractivity (Wildman–Crippen MR) is 159 cm³/mol. The molecule has 4 rings (SSSR count). The average molecular weight is 544 g/mol. The van der Waals surface area contributed by atoms with Crippen LogP contribution in [0.15, 0.2) is 54.6 Å². The molecule has 0 radical (unpaired) electrons. The number of aromatic nitrogens is 1. The van der Waals surface area contributed by atoms with Crippen LogP contribution in [0.25, 0.3) is 11.1 Å². The van der Waals surface area contributed by atoms with Crippen molar-refractivity contribution in [1.82, 2.24) is 10.3 Å². The Morgan fingerprint density at radius 2 is 1.65 bits per heavy atom. The Bertz CT molecular complexity index is 1340. The first kappa shape index (κ1) is 29.3. The van der Waals surface area contributed by atoms with Crippen LogP contribution in [0.3, 0.4) is 0 Å². The van der Waals surface area contributed by atoms with Gasteiger partial charge in [-0.3, -0.25) is 9.78 Å². The van der Waals surface area contributed by atoms with E-state index in [4.69, 9.17) is 9.72 Å². The van der Waals surface area contributed by atoms with Crippen molar-refractivity contribution >= 4 is 17.6 Å². The predicted octanol–water partition coefficient (Wildman–Crippen LogP) is 6.47. The lowest BCUT2D eigenvalue weighted by Crippen LogP contribution is -2.36. The smallest absolute Gasteiger partial charge is 0.337 e. The number of nitrogens with one attached hydrogen (secondary N) is 1. The van der Waals surface area contributed by atoms with Crippen LogP contribution in [0.1, 0.15) is 79.5 Å². The minimum absolute atomic E-state index is 0.149. The zero-order chi connectivity index (χ0) is 29.0. The molecule has 0 saturated carbocycles. The number of aryl methyl sites for hydroxylation is 2. The van der Waals surface area contributed by atoms with Crippen molar-refractivity contribution in [3.05, 3.63) is 82.7 Å². The Morgan fingerprint density at radius 3 is 2.23 bits per heavy atom. The number of piperidine rings is 1. The standard InChI is InChI=1S/C33H41N3O4/c1-21-16-18-36(19-17-21)29-27(22(2)35-23(3)28(29)30(32(38)39)40-33(4,5)6)25-12-14-26(15-13-25)31(37)34-20-24-10-8-7-9-11-24/h7-15,21,30H,16-20H2,1-6H3,(H,34,37)(H,38,39)/t30-/m0/s1. The van der Waals surface area contributed by atoms with Crippen LogP contribution >= 0.6 is 0 Å². The lowest BCUT2D eigenvalue weighted by atomic mass is 9.91. The number of carboxylic acid groups (broad SMARTS) is 1. The summed E-state index contributed by atoms with van der Waals surface area (Å²) in [6.07, 6.45) is 0.888. The van der Waals surface area contributed by atoms with Crippen LogP contribution in [0.2, 0.25) is 0 Å². The third-order valence-electron chi connectivity index (χ3n) is 7.37. The molecular formula is C33H41N3O4. The third kappa shape index (κ3) is 6.89. The second kappa shape index (κ2) is 12.2. The Kier molecular flexibility index (Phi) is 8.94. The number of carbonyl (C=O) groups is 2. The number of ether oxygens (including phenoxy) is 1. The number of carboxylic acids is 1. The molecule has 0 unspecified atom stereocenters. The number of carbonyl (C=O) groups excluding carboxylic acids is 1. The Labute approximate surface area is 237 Å². The number of nitrogens with zero attached hydrogens (tertiary/aromatic N) is 2. The van der Waals surface area contributed by atoms with Gasteiger partial charge in [0.1, 0.15) is 0 Å². The molecule has 2 aromatic carbocycles. The number of hydrogen-bond acceptors (Lipinski definition) is 5. The van der Waals surface area contributed by atoms with E-state index >= 15 is 0 Å². The molecule has 40 heavy (non-hydrogen) atoms. The van der Waals surface area contributed by atoms with Gasteiger partial charge >= 0.3 is 5.97 Å². The van der Waals surface area contributed by atoms with Gasteiger partial charge in [-0.1, -0.05) is 49.4 Å². The topological polar surface area (TPSA) is 91.8 Å². The normalized spacial score (nSPS) is 15.1. The fourth-order valence-corrected chi connectivity index (χ4v) is 5.32. The first-order valence-corrected chi connectivity index (χ1v) is 14.0. The van der Waals surface area contributed by atoms with E-state index in [-0.39, 0.29) is 5.91 Å². The van der Waals surface area contributed by atoms with Crippen LogP contribution in [-0.4, -0.2) is 40.7 Å². The first-order chi connectivity index (χ1) is 18.9. The maximum atomic E-state index is 12.9. The largest absolute Gasteiger partial charge is 0.479 e. The summed E-state index contributed by atoms with van der Waals surface area (Å²) in [6.45, 7) is 13.8. The number of rotatable bonds is 8. The van der Waals surface area contributed by atoms with Crippen LogP contribution in [0, 0.1) is 19.8 Å². The summed E-state index contributed by atoms with van der Waals surface area (Å²) < 4.78 is 6.14. The van der Waals surface area contributed by atoms with Crippen LogP contribution in [-0.2, 0) is 16.1 Å². The molecule has 0 spiro atoms. The van der Waals surface area contributed by atoms with Gasteiger partial charge in [0.2, 0.25) is 0 Å². The summed E-state index contributed by atoms with van der Waals surface area (Å²) >= 11 is 0. The molecule has 1 aromatic heterocycles. The lowest BCUT2D eigenvalue weighted by molar-refractivity contribution is -0.160. The van der Waals surface area contributed by atoms with Crippen molar-refractivity contribution in [2.45, 2.75) is 72.6 Å². The summed E-state index contributed by atoms with van der Waals surface area (Å²) in [5.74, 6) is -0.571. The van der Waals surface area contributed by atoms with Crippen molar-refractivity contribution in [1.29, 1.82) is 0 Å². The zero-order valence-electron chi connectivity index (χ0n) is 24.5. The van der Waals surface area contributed by atoms with Gasteiger partial charge in [-0.05, 0) is 76.6 Å². The highest BCUT2D eigenvalue weighted by atomic mass is 16.5. The molecular weight excluding hydrogens is 502 g/mol. The highest BCUT2D eigenvalue weighted by Gasteiger charge is 2.35. The van der Waals surface area contributed by atoms with Crippen LogP contribution < -0.4 is 10.2 Å². The molecule has 1 fully saturated rings. The monoisotopic (exact) mass is 543 g/mol. The van der Waals surface area contributed by atoms with Gasteiger partial charge in [0, 0.05) is 47.7 Å². The number of amides is 1. The Morgan fingerprint density at radius 1 is 1.02 bits per heavy atom. The van der Waals surface area contributed by atoms with Gasteiger partial charge in [0.05, 0.1) is 11.3 Å². The molecule has 1 saturated heterocycles. The van der Waals surface area contributed by atoms with Gasteiger partial charge in [-0.2, -0.15) is 0 Å². The summed E-state index contributed by atoms with van der Waals surface area (Å²) in [5, 5.41) is 13.3. The minimum atomic E-state index is -1.16. The molecule has 3 aromatic rings. The zero-order valence-corrected chi connectivity index (χ0v) is 24.5. The third-order valence-corrected chi connectivity index (χ3v) is 7.37. The minimum Gasteiger partial charge on any atom is -0.479 e. The van der Waals surface area contributed by atoms with E-state index in [9.17, 15) is 14.7 Å². The molecule has 0 bridgehead atoms. The first-order valence-electron chi connectivity index (χ1n) is 14.0. The van der Waals surface area contributed by atoms with E-state index in [1.165, 1.54) is 0 Å². The van der Waals surface area contributed by atoms with E-state index in [1.54, 1.807) is 0 Å². The summed E-state index contributed by atoms with van der Waals surface area (Å²) in [6, 6.07) is 17.3. The van der Waals surface area contributed by atoms with Crippen molar-refractivity contribution in [2.24, 2.45) is 5.92 Å². The molecule has 0 aliphatic carbocycles. The second-order valence-electron chi connectivity index (χ2n) is 11.8. The number of benzene rings is 2. The molecule has 2 N–H and O–H groups in total. The average Bonchev–Trinajstić information content (AvgIpc) is 2.91. The van der Waals surface area contributed by atoms with E-state index < -0.39 is 17.7 Å². The van der Waals surface area contributed by atoms with Gasteiger partial charge in [0.15, 0.2) is 6.10 Å². The van der Waals surface area contributed by atoms with Crippen LogP contribution in [0.5, 0.6) is 0 Å². The van der Waals surface area contributed by atoms with Crippen molar-refractivity contribution in [3.63, 3.8) is 0 Å². The van der Waals surface area contributed by atoms with Crippen molar-refractivity contribution in [2.75, 3.05) is 18.0 Å². The van der Waals surface area contributed by atoms with Crippen LogP contribution in [0.4, 0.5) is 5.69 Å². The maximum absolute atomic E-state index is 12.9. The molecule has 1 aliphatic rings. The molecule has 212 valence electrons. The number of hydrogen-bond donors (Lipinski definition) is 2. The molecule has 2 heterocycles. The van der Waals surface area contributed by atoms with Gasteiger partial charge in [-0.25, -0.2) is 4.79 Å². The van der Waals surface area contributed by atoms with Gasteiger partial charge < -0.3 is 20.1 Å². The quantitative estimate of drug-likeness (QED) is 0.338. The lowest BCUT2D eigenvalue weighted by Gasteiger charge is -2.37. The summed E-state index contributed by atoms with van der Waals surface area (Å²) in [7, 11) is 0. The number of pyridine rings is 1. The van der Waals surface area contributed by atoms with E-state index in [1.807, 2.05) is 89.2 Å². The molecule has 7 heteroatoms. The number of anilines is 1. The second-order valence-corrected chi connectivity index (χ2v) is 11.8. The highest BCUT2D eigenvalue weighted by molar-refractivity contribution is 5.95. The SMILES string of the molecule is Cc1nc(C)c([C@H](OC(C)(C)C)C(=O)O)c(N2CCC(C)CC2)c1-c1ccc(C(=O)NCc2ccccc2)cc1. The maximum Gasteiger partial charge on any atom is 0.337 e.